The number of hydrogen-bond donors (Lipinski definition) is 2. The first-order valence-corrected chi connectivity index (χ1v) is 8.49. The van der Waals surface area contributed by atoms with Gasteiger partial charge in [-0.3, -0.25) is 4.79 Å². The van der Waals surface area contributed by atoms with Gasteiger partial charge in [-0.25, -0.2) is 14.4 Å². The van der Waals surface area contributed by atoms with Crippen LogP contribution in [0.4, 0.5) is 21.6 Å². The van der Waals surface area contributed by atoms with Gasteiger partial charge in [0.05, 0.1) is 5.69 Å². The smallest absolute Gasteiger partial charge is 0.220 e. The molecule has 1 aliphatic rings. The van der Waals surface area contributed by atoms with Crippen LogP contribution in [0.3, 0.4) is 0 Å². The van der Waals surface area contributed by atoms with Gasteiger partial charge in [0.1, 0.15) is 6.33 Å². The molecule has 25 heavy (non-hydrogen) atoms. The Labute approximate surface area is 146 Å². The lowest BCUT2D eigenvalue weighted by Gasteiger charge is -2.32. The highest BCUT2D eigenvalue weighted by Crippen LogP contribution is 2.27. The van der Waals surface area contributed by atoms with E-state index in [1.807, 2.05) is 31.2 Å². The SMILES string of the molecule is CCc1ncnc(Nc2cccc(N3CCC(C(N)=O)CC3)c2)c1F. The lowest BCUT2D eigenvalue weighted by molar-refractivity contribution is -0.122. The number of primary amides is 1. The van der Waals surface area contributed by atoms with E-state index < -0.39 is 5.82 Å². The minimum Gasteiger partial charge on any atom is -0.371 e. The van der Waals surface area contributed by atoms with Gasteiger partial charge in [-0.05, 0) is 37.5 Å². The second-order valence-electron chi connectivity index (χ2n) is 6.18. The first-order valence-electron chi connectivity index (χ1n) is 8.49. The fourth-order valence-electron chi connectivity index (χ4n) is 3.08. The van der Waals surface area contributed by atoms with Gasteiger partial charge in [-0.1, -0.05) is 13.0 Å². The summed E-state index contributed by atoms with van der Waals surface area (Å²) in [6, 6.07) is 7.74. The van der Waals surface area contributed by atoms with E-state index in [1.54, 1.807) is 0 Å². The van der Waals surface area contributed by atoms with Crippen LogP contribution in [0.1, 0.15) is 25.5 Å². The highest BCUT2D eigenvalue weighted by atomic mass is 19.1. The van der Waals surface area contributed by atoms with Crippen LogP contribution in [0.2, 0.25) is 0 Å². The largest absolute Gasteiger partial charge is 0.371 e. The lowest BCUT2D eigenvalue weighted by atomic mass is 9.96. The molecule has 1 aromatic heterocycles. The number of nitrogens with two attached hydrogens (primary N) is 1. The van der Waals surface area contributed by atoms with E-state index >= 15 is 0 Å². The van der Waals surface area contributed by atoms with Gasteiger partial charge in [0, 0.05) is 30.4 Å². The molecule has 1 fully saturated rings. The summed E-state index contributed by atoms with van der Waals surface area (Å²) in [5, 5.41) is 3.03. The second-order valence-corrected chi connectivity index (χ2v) is 6.18. The molecule has 0 bridgehead atoms. The van der Waals surface area contributed by atoms with Crippen molar-refractivity contribution in [1.82, 2.24) is 9.97 Å². The van der Waals surface area contributed by atoms with Gasteiger partial charge in [0.15, 0.2) is 11.6 Å². The van der Waals surface area contributed by atoms with Crippen molar-refractivity contribution in [3.63, 3.8) is 0 Å². The molecule has 7 heteroatoms. The number of carbonyl (C=O) groups excluding carboxylic acids is 1. The third-order valence-corrected chi connectivity index (χ3v) is 4.57. The summed E-state index contributed by atoms with van der Waals surface area (Å²) < 4.78 is 14.3. The van der Waals surface area contributed by atoms with Crippen LogP contribution in [0.15, 0.2) is 30.6 Å². The Kier molecular flexibility index (Phi) is 5.11. The summed E-state index contributed by atoms with van der Waals surface area (Å²) in [5.41, 5.74) is 7.56. The van der Waals surface area contributed by atoms with Crippen LogP contribution < -0.4 is 16.0 Å². The molecule has 6 nitrogen and oxygen atoms in total. The molecule has 1 amide bonds. The minimum atomic E-state index is -0.419. The van der Waals surface area contributed by atoms with Crippen molar-refractivity contribution in [3.05, 3.63) is 42.1 Å². The van der Waals surface area contributed by atoms with E-state index in [4.69, 9.17) is 5.73 Å². The number of aryl methyl sites for hydroxylation is 1. The average molecular weight is 343 g/mol. The summed E-state index contributed by atoms with van der Waals surface area (Å²) in [6.07, 6.45) is 3.39. The van der Waals surface area contributed by atoms with E-state index in [9.17, 15) is 9.18 Å². The van der Waals surface area contributed by atoms with Gasteiger partial charge < -0.3 is 16.0 Å². The molecule has 2 aromatic rings. The number of piperidine rings is 1. The van der Waals surface area contributed by atoms with Gasteiger partial charge in [0.2, 0.25) is 5.91 Å². The minimum absolute atomic E-state index is 0.0415. The monoisotopic (exact) mass is 343 g/mol. The molecule has 1 aromatic carbocycles. The van der Waals surface area contributed by atoms with E-state index in [0.29, 0.717) is 12.1 Å². The maximum atomic E-state index is 14.3. The molecule has 3 N–H and O–H groups in total. The maximum absolute atomic E-state index is 14.3. The number of carbonyl (C=O) groups is 1. The zero-order valence-electron chi connectivity index (χ0n) is 14.2. The van der Waals surface area contributed by atoms with Crippen molar-refractivity contribution in [2.75, 3.05) is 23.3 Å². The number of nitrogens with one attached hydrogen (secondary N) is 1. The first kappa shape index (κ1) is 17.1. The zero-order chi connectivity index (χ0) is 17.8. The third-order valence-electron chi connectivity index (χ3n) is 4.57. The third kappa shape index (κ3) is 3.87. The maximum Gasteiger partial charge on any atom is 0.220 e. The quantitative estimate of drug-likeness (QED) is 0.872. The van der Waals surface area contributed by atoms with Crippen molar-refractivity contribution < 1.29 is 9.18 Å². The van der Waals surface area contributed by atoms with Crippen LogP contribution in [0, 0.1) is 11.7 Å². The van der Waals surface area contributed by atoms with E-state index in [2.05, 4.69) is 20.2 Å². The normalized spacial score (nSPS) is 15.2. The standard InChI is InChI=1S/C18H22FN5O/c1-2-15-16(19)18(22-11-21-15)23-13-4-3-5-14(10-13)24-8-6-12(7-9-24)17(20)25/h3-5,10-12H,2,6-9H2,1H3,(H2,20,25)(H,21,22,23). The summed E-state index contributed by atoms with van der Waals surface area (Å²) in [4.78, 5) is 21.4. The number of nitrogens with zero attached hydrogens (tertiary/aromatic N) is 3. The molecule has 0 atom stereocenters. The molecule has 1 aliphatic heterocycles. The van der Waals surface area contributed by atoms with Crippen LogP contribution in [-0.2, 0) is 11.2 Å². The fraction of sp³-hybridized carbons (Fsp3) is 0.389. The van der Waals surface area contributed by atoms with Crippen molar-refractivity contribution in [3.8, 4) is 0 Å². The Bertz CT molecular complexity index is 759. The van der Waals surface area contributed by atoms with Gasteiger partial charge in [-0.15, -0.1) is 0 Å². The van der Waals surface area contributed by atoms with Gasteiger partial charge >= 0.3 is 0 Å². The summed E-state index contributed by atoms with van der Waals surface area (Å²) in [6.45, 7) is 3.41. The summed E-state index contributed by atoms with van der Waals surface area (Å²) in [7, 11) is 0. The predicted molar refractivity (Wildman–Crippen MR) is 95.2 cm³/mol. The zero-order valence-corrected chi connectivity index (χ0v) is 14.2. The predicted octanol–water partition coefficient (Wildman–Crippen LogP) is 2.62. The fourth-order valence-corrected chi connectivity index (χ4v) is 3.08. The van der Waals surface area contributed by atoms with E-state index in [1.165, 1.54) is 6.33 Å². The summed E-state index contributed by atoms with van der Waals surface area (Å²) in [5.74, 6) is -0.504. The Morgan fingerprint density at radius 1 is 1.36 bits per heavy atom. The highest BCUT2D eigenvalue weighted by molar-refractivity contribution is 5.77. The molecule has 0 aliphatic carbocycles. The van der Waals surface area contributed by atoms with Crippen molar-refractivity contribution in [2.24, 2.45) is 11.7 Å². The number of aromatic nitrogens is 2. The highest BCUT2D eigenvalue weighted by Gasteiger charge is 2.23. The number of hydrogen-bond acceptors (Lipinski definition) is 5. The second kappa shape index (κ2) is 7.46. The number of benzene rings is 1. The topological polar surface area (TPSA) is 84.1 Å². The molecule has 1 saturated heterocycles. The molecule has 0 unspecified atom stereocenters. The summed E-state index contributed by atoms with van der Waals surface area (Å²) >= 11 is 0. The Hall–Kier alpha value is -2.70. The first-order chi connectivity index (χ1) is 12.1. The Balaban J connectivity index is 1.73. The number of amides is 1. The van der Waals surface area contributed by atoms with Crippen molar-refractivity contribution in [1.29, 1.82) is 0 Å². The van der Waals surface area contributed by atoms with Crippen LogP contribution in [0.25, 0.3) is 0 Å². The Morgan fingerprint density at radius 3 is 2.80 bits per heavy atom. The van der Waals surface area contributed by atoms with Gasteiger partial charge in [0.25, 0.3) is 0 Å². The molecule has 132 valence electrons. The molecular formula is C18H22FN5O. The average Bonchev–Trinajstić information content (AvgIpc) is 2.64. The van der Waals surface area contributed by atoms with Crippen molar-refractivity contribution in [2.45, 2.75) is 26.2 Å². The molecule has 0 radical (unpaired) electrons. The molecule has 0 spiro atoms. The number of halogens is 1. The molecule has 3 rings (SSSR count). The van der Waals surface area contributed by atoms with E-state index in [0.717, 1.165) is 37.3 Å². The Morgan fingerprint density at radius 2 is 2.12 bits per heavy atom. The van der Waals surface area contributed by atoms with Crippen LogP contribution in [-0.4, -0.2) is 29.0 Å². The van der Waals surface area contributed by atoms with Crippen LogP contribution >= 0.6 is 0 Å². The van der Waals surface area contributed by atoms with Crippen molar-refractivity contribution >= 4 is 23.1 Å². The van der Waals surface area contributed by atoms with Crippen LogP contribution in [0.5, 0.6) is 0 Å². The molecule has 0 saturated carbocycles. The van der Waals surface area contributed by atoms with E-state index in [-0.39, 0.29) is 17.6 Å². The lowest BCUT2D eigenvalue weighted by Crippen LogP contribution is -2.38. The van der Waals surface area contributed by atoms with Gasteiger partial charge in [-0.2, -0.15) is 0 Å². The number of anilines is 3. The number of rotatable bonds is 5. The molecular weight excluding hydrogens is 321 g/mol. The molecule has 2 heterocycles.